The van der Waals surface area contributed by atoms with Gasteiger partial charge in [0.2, 0.25) is 0 Å². The number of aliphatic carboxylic acids is 1. The van der Waals surface area contributed by atoms with Crippen molar-refractivity contribution < 1.29 is 32.3 Å². The van der Waals surface area contributed by atoms with Crippen molar-refractivity contribution in [3.8, 4) is 0 Å². The first-order valence-electron chi connectivity index (χ1n) is 2.96. The molecule has 0 aliphatic rings. The van der Waals surface area contributed by atoms with Crippen LogP contribution in [0.2, 0.25) is 0 Å². The summed E-state index contributed by atoms with van der Waals surface area (Å²) in [5, 5.41) is 12.0. The van der Waals surface area contributed by atoms with Crippen LogP contribution in [0.15, 0.2) is 5.38 Å². The number of carbonyl (C=O) groups excluding carboxylic acids is 1. The Morgan fingerprint density at radius 1 is 1.83 bits per heavy atom. The van der Waals surface area contributed by atoms with Gasteiger partial charge < -0.3 is 14.5 Å². The second-order valence-corrected chi connectivity index (χ2v) is 3.60. The van der Waals surface area contributed by atoms with E-state index in [1.165, 1.54) is 15.9 Å². The van der Waals surface area contributed by atoms with Crippen molar-refractivity contribution in [3.63, 3.8) is 0 Å². The minimum atomic E-state index is -1.11. The van der Waals surface area contributed by atoms with Crippen LogP contribution in [0.25, 0.3) is 0 Å². The van der Waals surface area contributed by atoms with E-state index in [1.807, 2.05) is 12.3 Å². The van der Waals surface area contributed by atoms with E-state index in [0.29, 0.717) is 3.95 Å². The van der Waals surface area contributed by atoms with Gasteiger partial charge in [0.05, 0.1) is 12.5 Å². The molecule has 12 heavy (non-hydrogen) atoms. The fourth-order valence-corrected chi connectivity index (χ4v) is 1.81. The fourth-order valence-electron chi connectivity index (χ4n) is 0.725. The maximum absolute atomic E-state index is 10.2. The Bertz CT molecular complexity index is 331. The maximum Gasteiger partial charge on any atom is 1.00 e. The molecule has 0 aliphatic carbocycles. The van der Waals surface area contributed by atoms with Crippen LogP contribution in [0.5, 0.6) is 0 Å². The summed E-state index contributed by atoms with van der Waals surface area (Å²) < 4.78 is 2.11. The van der Waals surface area contributed by atoms with Crippen molar-refractivity contribution in [1.29, 1.82) is 0 Å². The molecule has 0 unspecified atom stereocenters. The second-order valence-electron chi connectivity index (χ2n) is 2.10. The van der Waals surface area contributed by atoms with E-state index in [4.69, 9.17) is 12.2 Å². The van der Waals surface area contributed by atoms with E-state index in [0.717, 1.165) is 5.69 Å². The van der Waals surface area contributed by atoms with Crippen LogP contribution in [0, 0.1) is 10.9 Å². The number of nitrogens with zero attached hydrogens (tertiary/aromatic N) is 1. The molecule has 70 valence electrons. The summed E-state index contributed by atoms with van der Waals surface area (Å²) >= 11 is 6.24. The van der Waals surface area contributed by atoms with Gasteiger partial charge in [-0.2, -0.15) is 0 Å². The molecular weight excluding hydrogens is 290 g/mol. The van der Waals surface area contributed by atoms with Crippen molar-refractivity contribution in [2.24, 2.45) is 0 Å². The smallest absolute Gasteiger partial charge is 0.548 e. The minimum Gasteiger partial charge on any atom is -0.548 e. The number of hydrogen-bond acceptors (Lipinski definition) is 4. The topological polar surface area (TPSA) is 45.1 Å². The molecule has 0 radical (unpaired) electrons. The third-order valence-corrected chi connectivity index (χ3v) is 2.65. The van der Waals surface area contributed by atoms with Crippen molar-refractivity contribution in [3.05, 3.63) is 15.0 Å². The SMILES string of the molecule is Cc1csc(=S)n1CC(=O)[O-].[Ag+]. The van der Waals surface area contributed by atoms with E-state index in [-0.39, 0.29) is 28.9 Å². The van der Waals surface area contributed by atoms with Gasteiger partial charge in [-0.3, -0.25) is 0 Å². The summed E-state index contributed by atoms with van der Waals surface area (Å²) in [7, 11) is 0. The zero-order valence-corrected chi connectivity index (χ0v) is 9.28. The summed E-state index contributed by atoms with van der Waals surface area (Å²) in [4.78, 5) is 10.2. The summed E-state index contributed by atoms with van der Waals surface area (Å²) in [6.07, 6.45) is 0. The predicted molar refractivity (Wildman–Crippen MR) is 42.9 cm³/mol. The minimum absolute atomic E-state index is 0. The maximum atomic E-state index is 10.2. The standard InChI is InChI=1S/C6H7NO2S2.Ag/c1-4-3-11-6(10)7(4)2-5(8)9;/h3H,2H2,1H3,(H,8,9);/q;+1/p-1. The summed E-state index contributed by atoms with van der Waals surface area (Å²) in [6.45, 7) is 1.67. The average Bonchev–Trinajstić information content (AvgIpc) is 2.18. The van der Waals surface area contributed by atoms with E-state index < -0.39 is 5.97 Å². The molecule has 0 saturated carbocycles. The first-order chi connectivity index (χ1) is 5.11. The van der Waals surface area contributed by atoms with Crippen molar-refractivity contribution in [2.75, 3.05) is 0 Å². The Morgan fingerprint density at radius 3 is 2.75 bits per heavy atom. The third-order valence-electron chi connectivity index (χ3n) is 1.26. The third kappa shape index (κ3) is 2.84. The largest absolute Gasteiger partial charge is 1.00 e. The van der Waals surface area contributed by atoms with Crippen LogP contribution in [0.4, 0.5) is 0 Å². The molecule has 0 amide bonds. The number of carboxylic acids is 1. The van der Waals surface area contributed by atoms with Gasteiger partial charge in [0.15, 0.2) is 3.95 Å². The van der Waals surface area contributed by atoms with E-state index in [9.17, 15) is 9.90 Å². The fraction of sp³-hybridized carbons (Fsp3) is 0.333. The van der Waals surface area contributed by atoms with Gasteiger partial charge in [0, 0.05) is 11.1 Å². The molecule has 0 N–H and O–H groups in total. The average molecular weight is 296 g/mol. The first-order valence-corrected chi connectivity index (χ1v) is 4.25. The van der Waals surface area contributed by atoms with Gasteiger partial charge in [0.25, 0.3) is 0 Å². The Kier molecular flexibility index (Phi) is 4.96. The quantitative estimate of drug-likeness (QED) is 0.584. The van der Waals surface area contributed by atoms with Crippen LogP contribution in [-0.2, 0) is 33.7 Å². The molecule has 1 heterocycles. The first kappa shape index (κ1) is 12.1. The van der Waals surface area contributed by atoms with Gasteiger partial charge in [-0.1, -0.05) is 0 Å². The number of carbonyl (C=O) groups is 1. The van der Waals surface area contributed by atoms with Gasteiger partial charge in [0.1, 0.15) is 0 Å². The Labute approximate surface area is 94.5 Å². The van der Waals surface area contributed by atoms with Gasteiger partial charge in [-0.25, -0.2) is 0 Å². The zero-order valence-electron chi connectivity index (χ0n) is 6.17. The Balaban J connectivity index is 0.00000121. The van der Waals surface area contributed by atoms with Crippen LogP contribution in [0.3, 0.4) is 0 Å². The van der Waals surface area contributed by atoms with Gasteiger partial charge >= 0.3 is 22.4 Å². The second kappa shape index (κ2) is 4.94. The van der Waals surface area contributed by atoms with Crippen LogP contribution in [0.1, 0.15) is 5.69 Å². The molecule has 0 aromatic carbocycles. The molecule has 0 aliphatic heterocycles. The van der Waals surface area contributed by atoms with E-state index in [1.54, 1.807) is 0 Å². The normalized spacial score (nSPS) is 9.08. The molecule has 1 rings (SSSR count). The summed E-state index contributed by atoms with van der Waals surface area (Å²) in [6, 6.07) is 0. The van der Waals surface area contributed by atoms with Crippen molar-refractivity contribution in [2.45, 2.75) is 13.5 Å². The van der Waals surface area contributed by atoms with Gasteiger partial charge in [-0.15, -0.1) is 11.3 Å². The Hall–Kier alpha value is 0.0603. The Morgan fingerprint density at radius 2 is 2.42 bits per heavy atom. The van der Waals surface area contributed by atoms with Crippen LogP contribution < -0.4 is 5.11 Å². The summed E-state index contributed by atoms with van der Waals surface area (Å²) in [5.41, 5.74) is 0.865. The molecule has 3 nitrogen and oxygen atoms in total. The predicted octanol–water partition coefficient (Wildman–Crippen LogP) is 0.335. The number of carboxylic acid groups (broad SMARTS) is 1. The molecular formula is C6H6AgNO2S2. The molecule has 1 aromatic heterocycles. The molecule has 0 bridgehead atoms. The molecule has 1 aromatic rings. The van der Waals surface area contributed by atoms with E-state index in [2.05, 4.69) is 0 Å². The van der Waals surface area contributed by atoms with Gasteiger partial charge in [-0.05, 0) is 19.1 Å². The number of aryl methyl sites for hydroxylation is 1. The monoisotopic (exact) mass is 295 g/mol. The molecule has 0 atom stereocenters. The number of hydrogen-bond donors (Lipinski definition) is 0. The zero-order chi connectivity index (χ0) is 8.43. The number of rotatable bonds is 2. The van der Waals surface area contributed by atoms with Crippen molar-refractivity contribution >= 4 is 29.5 Å². The molecule has 0 saturated heterocycles. The van der Waals surface area contributed by atoms with Crippen LogP contribution >= 0.6 is 23.6 Å². The summed E-state index contributed by atoms with van der Waals surface area (Å²) in [5.74, 6) is -1.11. The molecule has 6 heteroatoms. The van der Waals surface area contributed by atoms with E-state index >= 15 is 0 Å². The number of aromatic nitrogens is 1. The van der Waals surface area contributed by atoms with Crippen LogP contribution in [-0.4, -0.2) is 10.5 Å². The molecule has 0 spiro atoms. The molecule has 0 fully saturated rings. The number of thiazole rings is 1. The van der Waals surface area contributed by atoms with Crippen molar-refractivity contribution in [1.82, 2.24) is 4.57 Å².